The van der Waals surface area contributed by atoms with Gasteiger partial charge in [0.15, 0.2) is 0 Å². The van der Waals surface area contributed by atoms with Gasteiger partial charge in [-0.2, -0.15) is 0 Å². The molecule has 0 saturated carbocycles. The Bertz CT molecular complexity index is 676. The number of aliphatic hydroxyl groups excluding tert-OH is 1. The summed E-state index contributed by atoms with van der Waals surface area (Å²) < 4.78 is 5.35. The predicted octanol–water partition coefficient (Wildman–Crippen LogP) is 2.65. The van der Waals surface area contributed by atoms with Crippen LogP contribution in [0.4, 0.5) is 0 Å². The van der Waals surface area contributed by atoms with E-state index < -0.39 is 6.10 Å². The van der Waals surface area contributed by atoms with Crippen molar-refractivity contribution in [1.29, 1.82) is 0 Å². The standard InChI is InChI=1S/C17H21ClN2O3/c1-11(2)9-23-10-14(21)8-20-17(22)15-7-13(18)6-12-4-3-5-19-16(12)15/h3-7,11,14,21H,8-10H2,1-2H3,(H,20,22). The third-order valence-corrected chi connectivity index (χ3v) is 3.39. The third-order valence-electron chi connectivity index (χ3n) is 3.17. The molecule has 23 heavy (non-hydrogen) atoms. The largest absolute Gasteiger partial charge is 0.389 e. The number of amides is 1. The second-order valence-electron chi connectivity index (χ2n) is 5.82. The van der Waals surface area contributed by atoms with Gasteiger partial charge in [-0.1, -0.05) is 31.5 Å². The van der Waals surface area contributed by atoms with Crippen LogP contribution in [-0.4, -0.2) is 41.9 Å². The van der Waals surface area contributed by atoms with Gasteiger partial charge in [0.2, 0.25) is 0 Å². The Labute approximate surface area is 140 Å². The van der Waals surface area contributed by atoms with Gasteiger partial charge in [0.05, 0.1) is 23.8 Å². The van der Waals surface area contributed by atoms with Crippen molar-refractivity contribution in [3.63, 3.8) is 0 Å². The van der Waals surface area contributed by atoms with E-state index in [-0.39, 0.29) is 19.1 Å². The number of ether oxygens (including phenoxy) is 1. The van der Waals surface area contributed by atoms with Crippen molar-refractivity contribution in [2.75, 3.05) is 19.8 Å². The highest BCUT2D eigenvalue weighted by atomic mass is 35.5. The summed E-state index contributed by atoms with van der Waals surface area (Å²) in [6, 6.07) is 6.97. The van der Waals surface area contributed by atoms with Crippen LogP contribution in [0, 0.1) is 5.92 Å². The fraction of sp³-hybridized carbons (Fsp3) is 0.412. The van der Waals surface area contributed by atoms with E-state index in [9.17, 15) is 9.90 Å². The van der Waals surface area contributed by atoms with E-state index >= 15 is 0 Å². The molecule has 2 aromatic rings. The highest BCUT2D eigenvalue weighted by molar-refractivity contribution is 6.32. The van der Waals surface area contributed by atoms with Crippen LogP contribution in [0.5, 0.6) is 0 Å². The number of pyridine rings is 1. The van der Waals surface area contributed by atoms with Crippen LogP contribution < -0.4 is 5.32 Å². The van der Waals surface area contributed by atoms with Crippen molar-refractivity contribution >= 4 is 28.4 Å². The minimum Gasteiger partial charge on any atom is -0.389 e. The molecule has 0 spiro atoms. The summed E-state index contributed by atoms with van der Waals surface area (Å²) in [5, 5.41) is 13.8. The molecule has 1 aromatic heterocycles. The maximum Gasteiger partial charge on any atom is 0.253 e. The van der Waals surface area contributed by atoms with Crippen LogP contribution in [0.15, 0.2) is 30.5 Å². The highest BCUT2D eigenvalue weighted by Gasteiger charge is 2.14. The number of nitrogens with zero attached hydrogens (tertiary/aromatic N) is 1. The van der Waals surface area contributed by atoms with Gasteiger partial charge in [-0.05, 0) is 24.1 Å². The number of rotatable bonds is 7. The topological polar surface area (TPSA) is 71.5 Å². The van der Waals surface area contributed by atoms with E-state index in [1.54, 1.807) is 24.4 Å². The number of carbonyl (C=O) groups is 1. The first kappa shape index (κ1) is 17.7. The zero-order valence-electron chi connectivity index (χ0n) is 13.3. The lowest BCUT2D eigenvalue weighted by Gasteiger charge is -2.14. The molecule has 0 radical (unpaired) electrons. The summed E-state index contributed by atoms with van der Waals surface area (Å²) in [5.74, 6) is 0.0831. The monoisotopic (exact) mass is 336 g/mol. The number of benzene rings is 1. The van der Waals surface area contributed by atoms with Gasteiger partial charge >= 0.3 is 0 Å². The molecule has 1 heterocycles. The average Bonchev–Trinajstić information content (AvgIpc) is 2.51. The second kappa shape index (κ2) is 8.24. The predicted molar refractivity (Wildman–Crippen MR) is 90.8 cm³/mol. The van der Waals surface area contributed by atoms with Crippen LogP contribution in [0.2, 0.25) is 5.02 Å². The lowest BCUT2D eigenvalue weighted by Crippen LogP contribution is -2.35. The number of nitrogens with one attached hydrogen (secondary N) is 1. The Morgan fingerprint density at radius 1 is 1.39 bits per heavy atom. The zero-order chi connectivity index (χ0) is 16.8. The Morgan fingerprint density at radius 3 is 2.91 bits per heavy atom. The molecule has 0 bridgehead atoms. The lowest BCUT2D eigenvalue weighted by atomic mass is 10.1. The molecular weight excluding hydrogens is 316 g/mol. The summed E-state index contributed by atoms with van der Waals surface area (Å²) in [4.78, 5) is 16.6. The van der Waals surface area contributed by atoms with Crippen molar-refractivity contribution < 1.29 is 14.6 Å². The Morgan fingerprint density at radius 2 is 2.17 bits per heavy atom. The van der Waals surface area contributed by atoms with Gasteiger partial charge in [0.1, 0.15) is 0 Å². The summed E-state index contributed by atoms with van der Waals surface area (Å²) in [7, 11) is 0. The molecule has 0 saturated heterocycles. The normalized spacial score (nSPS) is 12.6. The van der Waals surface area contributed by atoms with Gasteiger partial charge in [-0.3, -0.25) is 9.78 Å². The first-order valence-electron chi connectivity index (χ1n) is 7.55. The van der Waals surface area contributed by atoms with E-state index in [1.807, 2.05) is 19.9 Å². The number of carbonyl (C=O) groups excluding carboxylic acids is 1. The lowest BCUT2D eigenvalue weighted by molar-refractivity contribution is 0.0259. The quantitative estimate of drug-likeness (QED) is 0.815. The molecule has 1 aromatic carbocycles. The van der Waals surface area contributed by atoms with Crippen LogP contribution in [0.1, 0.15) is 24.2 Å². The van der Waals surface area contributed by atoms with Crippen LogP contribution in [0.3, 0.4) is 0 Å². The van der Waals surface area contributed by atoms with Gasteiger partial charge in [-0.15, -0.1) is 0 Å². The molecule has 0 fully saturated rings. The summed E-state index contributed by atoms with van der Waals surface area (Å²) in [5.41, 5.74) is 0.975. The fourth-order valence-electron chi connectivity index (χ4n) is 2.13. The van der Waals surface area contributed by atoms with Crippen molar-refractivity contribution in [3.05, 3.63) is 41.0 Å². The third kappa shape index (κ3) is 5.16. The molecule has 2 rings (SSSR count). The smallest absolute Gasteiger partial charge is 0.253 e. The maximum atomic E-state index is 12.3. The van der Waals surface area contributed by atoms with Crippen molar-refractivity contribution in [2.24, 2.45) is 5.92 Å². The highest BCUT2D eigenvalue weighted by Crippen LogP contribution is 2.22. The maximum absolute atomic E-state index is 12.3. The fourth-order valence-corrected chi connectivity index (χ4v) is 2.36. The van der Waals surface area contributed by atoms with Crippen LogP contribution in [0.25, 0.3) is 10.9 Å². The van der Waals surface area contributed by atoms with Crippen molar-refractivity contribution in [2.45, 2.75) is 20.0 Å². The zero-order valence-corrected chi connectivity index (χ0v) is 14.0. The minimum atomic E-state index is -0.754. The molecule has 5 nitrogen and oxygen atoms in total. The molecule has 2 N–H and O–H groups in total. The van der Waals surface area contributed by atoms with Gasteiger partial charge in [0.25, 0.3) is 5.91 Å². The summed E-state index contributed by atoms with van der Waals surface area (Å²) >= 11 is 6.05. The first-order valence-corrected chi connectivity index (χ1v) is 7.93. The molecular formula is C17H21ClN2O3. The van der Waals surface area contributed by atoms with Crippen LogP contribution in [-0.2, 0) is 4.74 Å². The molecule has 0 aliphatic heterocycles. The number of fused-ring (bicyclic) bond motifs is 1. The van der Waals surface area contributed by atoms with Crippen LogP contribution >= 0.6 is 11.6 Å². The number of aromatic nitrogens is 1. The van der Waals surface area contributed by atoms with Gasteiger partial charge < -0.3 is 15.2 Å². The van der Waals surface area contributed by atoms with Crippen molar-refractivity contribution in [1.82, 2.24) is 10.3 Å². The molecule has 124 valence electrons. The average molecular weight is 337 g/mol. The molecule has 1 unspecified atom stereocenters. The summed E-state index contributed by atoms with van der Waals surface area (Å²) in [6.45, 7) is 4.94. The minimum absolute atomic E-state index is 0.109. The van der Waals surface area contributed by atoms with E-state index in [4.69, 9.17) is 16.3 Å². The number of halogens is 1. The molecule has 0 aliphatic rings. The second-order valence-corrected chi connectivity index (χ2v) is 6.26. The summed E-state index contributed by atoms with van der Waals surface area (Å²) in [6.07, 6.45) is 0.873. The van der Waals surface area contributed by atoms with E-state index in [0.717, 1.165) is 5.39 Å². The molecule has 0 aliphatic carbocycles. The Hall–Kier alpha value is -1.69. The van der Waals surface area contributed by atoms with Gasteiger partial charge in [0, 0.05) is 29.8 Å². The SMILES string of the molecule is CC(C)COCC(O)CNC(=O)c1cc(Cl)cc2cccnc12. The molecule has 1 atom stereocenters. The van der Waals surface area contributed by atoms with E-state index in [2.05, 4.69) is 10.3 Å². The van der Waals surface area contributed by atoms with E-state index in [1.165, 1.54) is 0 Å². The van der Waals surface area contributed by atoms with E-state index in [0.29, 0.717) is 28.6 Å². The Balaban J connectivity index is 1.98. The number of hydrogen-bond acceptors (Lipinski definition) is 4. The first-order chi connectivity index (χ1) is 11.0. The Kier molecular flexibility index (Phi) is 6.33. The van der Waals surface area contributed by atoms with Crippen molar-refractivity contribution in [3.8, 4) is 0 Å². The number of aliphatic hydroxyl groups is 1. The molecule has 6 heteroatoms. The number of hydrogen-bond donors (Lipinski definition) is 2. The van der Waals surface area contributed by atoms with Gasteiger partial charge in [-0.25, -0.2) is 0 Å². The molecule has 1 amide bonds.